The Bertz CT molecular complexity index is 1310. The lowest BCUT2D eigenvalue weighted by Crippen LogP contribution is -2.02. The molecule has 4 aromatic carbocycles. The summed E-state index contributed by atoms with van der Waals surface area (Å²) in [4.78, 5) is 0. The summed E-state index contributed by atoms with van der Waals surface area (Å²) >= 11 is 0. The van der Waals surface area contributed by atoms with Crippen LogP contribution in [0.1, 0.15) is 175 Å². The number of anilines is 2. The van der Waals surface area contributed by atoms with Crippen LogP contribution in [-0.2, 0) is 12.8 Å². The SMILES string of the molecule is CCCCCC(c1ccc(N)cc1)c1ccc(CCCCCCCCCCCCc2ccc(C(CCCCC)c3ccc(N)cc3)cc2)cc1. The second-order valence-electron chi connectivity index (χ2n) is 14.9. The fourth-order valence-electron chi connectivity index (χ4n) is 7.61. The van der Waals surface area contributed by atoms with Crippen LogP contribution in [0.5, 0.6) is 0 Å². The third-order valence-electron chi connectivity index (χ3n) is 10.8. The summed E-state index contributed by atoms with van der Waals surface area (Å²) < 4.78 is 0. The molecule has 4 aromatic rings. The molecule has 2 unspecified atom stereocenters. The molecule has 0 heterocycles. The quantitative estimate of drug-likeness (QED) is 0.0544. The van der Waals surface area contributed by atoms with Crippen molar-refractivity contribution in [2.24, 2.45) is 0 Å². The van der Waals surface area contributed by atoms with E-state index in [1.54, 1.807) is 0 Å². The van der Waals surface area contributed by atoms with Gasteiger partial charge in [-0.15, -0.1) is 0 Å². The van der Waals surface area contributed by atoms with E-state index in [0.717, 1.165) is 11.4 Å². The minimum absolute atomic E-state index is 0.466. The average molecular weight is 673 g/mol. The molecular formula is C48H68N2. The van der Waals surface area contributed by atoms with E-state index in [1.807, 2.05) is 24.3 Å². The molecule has 0 radical (unpaired) electrons. The van der Waals surface area contributed by atoms with Gasteiger partial charge >= 0.3 is 0 Å². The zero-order chi connectivity index (χ0) is 35.2. The Balaban J connectivity index is 1.05. The predicted molar refractivity (Wildman–Crippen MR) is 220 cm³/mol. The van der Waals surface area contributed by atoms with Gasteiger partial charge in [0, 0.05) is 23.2 Å². The molecule has 0 amide bonds. The van der Waals surface area contributed by atoms with Gasteiger partial charge in [0.15, 0.2) is 0 Å². The monoisotopic (exact) mass is 673 g/mol. The fraction of sp³-hybridized carbons (Fsp3) is 0.500. The minimum Gasteiger partial charge on any atom is -0.399 e. The standard InChI is InChI=1S/C48H68N2/c1-3-5-15-21-47(43-31-35-45(49)36-32-43)41-27-23-39(24-28-41)19-17-13-11-9-7-8-10-12-14-18-20-40-25-29-42(30-26-40)48(22-16-6-4-2)44-33-37-46(50)38-34-44/h23-38,47-48H,3-22,49-50H2,1-2H3. The fourth-order valence-corrected chi connectivity index (χ4v) is 7.61. The van der Waals surface area contributed by atoms with E-state index in [0.29, 0.717) is 11.8 Å². The number of nitrogen functional groups attached to an aromatic ring is 2. The van der Waals surface area contributed by atoms with Crippen LogP contribution in [0.15, 0.2) is 97.1 Å². The molecule has 0 saturated heterocycles. The summed E-state index contributed by atoms with van der Waals surface area (Å²) in [5.74, 6) is 0.933. The molecular weight excluding hydrogens is 605 g/mol. The topological polar surface area (TPSA) is 52.0 Å². The summed E-state index contributed by atoms with van der Waals surface area (Å²) in [6.45, 7) is 4.57. The Morgan fingerprint density at radius 1 is 0.340 bits per heavy atom. The largest absolute Gasteiger partial charge is 0.399 e. The first-order valence-corrected chi connectivity index (χ1v) is 20.5. The number of rotatable bonds is 25. The van der Waals surface area contributed by atoms with Gasteiger partial charge in [0.25, 0.3) is 0 Å². The van der Waals surface area contributed by atoms with Crippen molar-refractivity contribution in [3.05, 3.63) is 130 Å². The Labute approximate surface area is 306 Å². The first kappa shape index (κ1) is 39.3. The van der Waals surface area contributed by atoms with Gasteiger partial charge in [-0.1, -0.05) is 177 Å². The molecule has 0 aliphatic carbocycles. The highest BCUT2D eigenvalue weighted by Gasteiger charge is 2.15. The summed E-state index contributed by atoms with van der Waals surface area (Å²) in [7, 11) is 0. The van der Waals surface area contributed by atoms with Crippen molar-refractivity contribution in [3.63, 3.8) is 0 Å². The van der Waals surface area contributed by atoms with Gasteiger partial charge in [0.1, 0.15) is 0 Å². The number of unbranched alkanes of at least 4 members (excludes halogenated alkanes) is 13. The van der Waals surface area contributed by atoms with Crippen LogP contribution in [0.3, 0.4) is 0 Å². The molecule has 0 aliphatic rings. The molecule has 270 valence electrons. The number of benzene rings is 4. The lowest BCUT2D eigenvalue weighted by atomic mass is 9.86. The smallest absolute Gasteiger partial charge is 0.0314 e. The average Bonchev–Trinajstić information content (AvgIpc) is 3.14. The minimum atomic E-state index is 0.466. The van der Waals surface area contributed by atoms with Gasteiger partial charge in [0.2, 0.25) is 0 Å². The molecule has 0 fully saturated rings. The molecule has 2 nitrogen and oxygen atoms in total. The van der Waals surface area contributed by atoms with E-state index >= 15 is 0 Å². The lowest BCUT2D eigenvalue weighted by Gasteiger charge is -2.19. The third kappa shape index (κ3) is 14.0. The maximum absolute atomic E-state index is 5.97. The maximum Gasteiger partial charge on any atom is 0.0314 e. The second kappa shape index (κ2) is 23.0. The van der Waals surface area contributed by atoms with E-state index in [2.05, 4.69) is 86.6 Å². The lowest BCUT2D eigenvalue weighted by molar-refractivity contribution is 0.551. The van der Waals surface area contributed by atoms with Crippen LogP contribution in [-0.4, -0.2) is 0 Å². The Kier molecular flexibility index (Phi) is 18.1. The zero-order valence-corrected chi connectivity index (χ0v) is 31.7. The summed E-state index contributed by atoms with van der Waals surface area (Å²) in [6.07, 6.45) is 26.1. The van der Waals surface area contributed by atoms with E-state index in [1.165, 1.54) is 162 Å². The van der Waals surface area contributed by atoms with Crippen molar-refractivity contribution in [1.29, 1.82) is 0 Å². The Morgan fingerprint density at radius 2 is 0.620 bits per heavy atom. The van der Waals surface area contributed by atoms with Crippen molar-refractivity contribution in [1.82, 2.24) is 0 Å². The summed E-state index contributed by atoms with van der Waals surface area (Å²) in [5, 5.41) is 0. The number of hydrogen-bond donors (Lipinski definition) is 2. The highest BCUT2D eigenvalue weighted by molar-refractivity contribution is 5.44. The van der Waals surface area contributed by atoms with Gasteiger partial charge < -0.3 is 11.5 Å². The molecule has 4 N–H and O–H groups in total. The van der Waals surface area contributed by atoms with Gasteiger partial charge in [-0.05, 0) is 96.2 Å². The van der Waals surface area contributed by atoms with Crippen molar-refractivity contribution >= 4 is 11.4 Å². The van der Waals surface area contributed by atoms with Gasteiger partial charge in [-0.25, -0.2) is 0 Å². The molecule has 0 aliphatic heterocycles. The van der Waals surface area contributed by atoms with E-state index in [-0.39, 0.29) is 0 Å². The molecule has 0 bridgehead atoms. The van der Waals surface area contributed by atoms with Crippen LogP contribution in [0, 0.1) is 0 Å². The predicted octanol–water partition coefficient (Wildman–Crippen LogP) is 14.0. The van der Waals surface area contributed by atoms with Gasteiger partial charge in [-0.3, -0.25) is 0 Å². The van der Waals surface area contributed by atoms with Gasteiger partial charge in [-0.2, -0.15) is 0 Å². The summed E-state index contributed by atoms with van der Waals surface area (Å²) in [5.41, 5.74) is 22.3. The highest BCUT2D eigenvalue weighted by Crippen LogP contribution is 2.32. The second-order valence-corrected chi connectivity index (χ2v) is 14.9. The third-order valence-corrected chi connectivity index (χ3v) is 10.8. The van der Waals surface area contributed by atoms with E-state index in [9.17, 15) is 0 Å². The molecule has 0 saturated carbocycles. The molecule has 0 aromatic heterocycles. The number of aryl methyl sites for hydroxylation is 2. The van der Waals surface area contributed by atoms with Crippen molar-refractivity contribution < 1.29 is 0 Å². The van der Waals surface area contributed by atoms with E-state index in [4.69, 9.17) is 11.5 Å². The van der Waals surface area contributed by atoms with Crippen molar-refractivity contribution in [2.45, 2.75) is 154 Å². The van der Waals surface area contributed by atoms with Crippen LogP contribution in [0.25, 0.3) is 0 Å². The van der Waals surface area contributed by atoms with Gasteiger partial charge in [0.05, 0.1) is 0 Å². The number of hydrogen-bond acceptors (Lipinski definition) is 2. The zero-order valence-electron chi connectivity index (χ0n) is 31.7. The maximum atomic E-state index is 5.97. The Morgan fingerprint density at radius 3 is 0.920 bits per heavy atom. The first-order valence-electron chi connectivity index (χ1n) is 20.5. The van der Waals surface area contributed by atoms with Crippen LogP contribution < -0.4 is 11.5 Å². The molecule has 50 heavy (non-hydrogen) atoms. The molecule has 2 heteroatoms. The first-order chi connectivity index (χ1) is 24.6. The number of nitrogens with two attached hydrogens (primary N) is 2. The normalized spacial score (nSPS) is 12.6. The highest BCUT2D eigenvalue weighted by atomic mass is 14.5. The van der Waals surface area contributed by atoms with Crippen LogP contribution >= 0.6 is 0 Å². The molecule has 2 atom stereocenters. The van der Waals surface area contributed by atoms with Crippen LogP contribution in [0.4, 0.5) is 11.4 Å². The van der Waals surface area contributed by atoms with Crippen LogP contribution in [0.2, 0.25) is 0 Å². The summed E-state index contributed by atoms with van der Waals surface area (Å²) in [6, 6.07) is 36.1. The van der Waals surface area contributed by atoms with E-state index < -0.39 is 0 Å². The van der Waals surface area contributed by atoms with Crippen molar-refractivity contribution in [3.8, 4) is 0 Å². The Hall–Kier alpha value is -3.52. The van der Waals surface area contributed by atoms with Crippen molar-refractivity contribution in [2.75, 3.05) is 11.5 Å². The molecule has 4 rings (SSSR count). The molecule has 0 spiro atoms.